The standard InChI is InChI=1S/C18H20N2O2/c1-13-7-16(11-19-10-13)18(22)20-6-5-15(12-20)8-14-3-2-4-17(21)9-14/h2-4,7,9-11,15,21H,5-6,8,12H2,1H3. The molecule has 1 aliphatic heterocycles. The third-order valence-electron chi connectivity index (χ3n) is 4.13. The zero-order chi connectivity index (χ0) is 15.5. The zero-order valence-corrected chi connectivity index (χ0v) is 12.7. The second-order valence-electron chi connectivity index (χ2n) is 6.03. The highest BCUT2D eigenvalue weighted by Crippen LogP contribution is 2.23. The van der Waals surface area contributed by atoms with Crippen LogP contribution in [-0.4, -0.2) is 34.0 Å². The quantitative estimate of drug-likeness (QED) is 0.947. The van der Waals surface area contributed by atoms with Crippen LogP contribution in [-0.2, 0) is 6.42 Å². The Bertz CT molecular complexity index is 684. The number of hydrogen-bond acceptors (Lipinski definition) is 3. The zero-order valence-electron chi connectivity index (χ0n) is 12.7. The Balaban J connectivity index is 1.63. The van der Waals surface area contributed by atoms with E-state index in [1.165, 1.54) is 0 Å². The highest BCUT2D eigenvalue weighted by molar-refractivity contribution is 5.94. The van der Waals surface area contributed by atoms with E-state index in [1.54, 1.807) is 24.5 Å². The van der Waals surface area contributed by atoms with Crippen LogP contribution in [0.2, 0.25) is 0 Å². The van der Waals surface area contributed by atoms with E-state index in [0.29, 0.717) is 17.2 Å². The van der Waals surface area contributed by atoms with Gasteiger partial charge in [0, 0.05) is 25.5 Å². The van der Waals surface area contributed by atoms with Gasteiger partial charge in [0.15, 0.2) is 0 Å². The molecule has 1 N–H and O–H groups in total. The number of aryl methyl sites for hydroxylation is 1. The topological polar surface area (TPSA) is 53.4 Å². The van der Waals surface area contributed by atoms with E-state index < -0.39 is 0 Å². The van der Waals surface area contributed by atoms with Crippen molar-refractivity contribution in [1.82, 2.24) is 9.88 Å². The average molecular weight is 296 g/mol. The molecule has 1 unspecified atom stereocenters. The molecule has 0 bridgehead atoms. The van der Waals surface area contributed by atoms with Gasteiger partial charge >= 0.3 is 0 Å². The van der Waals surface area contributed by atoms with Crippen LogP contribution < -0.4 is 0 Å². The number of carbonyl (C=O) groups is 1. The van der Waals surface area contributed by atoms with Crippen LogP contribution in [0.3, 0.4) is 0 Å². The lowest BCUT2D eigenvalue weighted by atomic mass is 9.98. The molecule has 1 aliphatic rings. The van der Waals surface area contributed by atoms with Gasteiger partial charge in [-0.25, -0.2) is 0 Å². The fourth-order valence-corrected chi connectivity index (χ4v) is 3.05. The Labute approximate surface area is 130 Å². The van der Waals surface area contributed by atoms with Crippen LogP contribution in [0.1, 0.15) is 27.9 Å². The molecule has 1 atom stereocenters. The Morgan fingerprint density at radius 3 is 3.00 bits per heavy atom. The van der Waals surface area contributed by atoms with Crippen LogP contribution >= 0.6 is 0 Å². The van der Waals surface area contributed by atoms with Gasteiger partial charge in [-0.1, -0.05) is 12.1 Å². The molecular formula is C18H20N2O2. The molecule has 4 heteroatoms. The van der Waals surface area contributed by atoms with E-state index in [2.05, 4.69) is 4.98 Å². The van der Waals surface area contributed by atoms with Crippen molar-refractivity contribution >= 4 is 5.91 Å². The highest BCUT2D eigenvalue weighted by Gasteiger charge is 2.27. The van der Waals surface area contributed by atoms with Gasteiger partial charge in [-0.2, -0.15) is 0 Å². The SMILES string of the molecule is Cc1cncc(C(=O)N2CCC(Cc3cccc(O)c3)C2)c1. The fraction of sp³-hybridized carbons (Fsp3) is 0.333. The summed E-state index contributed by atoms with van der Waals surface area (Å²) in [5, 5.41) is 9.53. The van der Waals surface area contributed by atoms with E-state index >= 15 is 0 Å². The molecular weight excluding hydrogens is 276 g/mol. The summed E-state index contributed by atoms with van der Waals surface area (Å²) in [5.74, 6) is 0.812. The number of phenols is 1. The Morgan fingerprint density at radius 2 is 2.23 bits per heavy atom. The van der Waals surface area contributed by atoms with Gasteiger partial charge in [0.2, 0.25) is 0 Å². The van der Waals surface area contributed by atoms with Gasteiger partial charge in [0.25, 0.3) is 5.91 Å². The van der Waals surface area contributed by atoms with E-state index in [9.17, 15) is 9.90 Å². The minimum atomic E-state index is 0.0645. The second kappa shape index (κ2) is 6.18. The molecule has 1 fully saturated rings. The van der Waals surface area contributed by atoms with Crippen molar-refractivity contribution in [3.05, 3.63) is 59.4 Å². The van der Waals surface area contributed by atoms with Gasteiger partial charge in [0.05, 0.1) is 5.56 Å². The number of carbonyl (C=O) groups excluding carboxylic acids is 1. The van der Waals surface area contributed by atoms with Crippen molar-refractivity contribution in [3.8, 4) is 5.75 Å². The van der Waals surface area contributed by atoms with Gasteiger partial charge in [-0.3, -0.25) is 9.78 Å². The lowest BCUT2D eigenvalue weighted by Crippen LogP contribution is -2.29. The first kappa shape index (κ1) is 14.6. The predicted octanol–water partition coefficient (Wildman–Crippen LogP) is 2.80. The molecule has 1 aromatic heterocycles. The number of benzene rings is 1. The number of amides is 1. The summed E-state index contributed by atoms with van der Waals surface area (Å²) >= 11 is 0. The molecule has 2 heterocycles. The summed E-state index contributed by atoms with van der Waals surface area (Å²) < 4.78 is 0. The Kier molecular flexibility index (Phi) is 4.09. The minimum absolute atomic E-state index is 0.0645. The van der Waals surface area contributed by atoms with Crippen LogP contribution in [0, 0.1) is 12.8 Å². The molecule has 0 radical (unpaired) electrons. The predicted molar refractivity (Wildman–Crippen MR) is 84.8 cm³/mol. The number of rotatable bonds is 3. The van der Waals surface area contributed by atoms with Crippen molar-refractivity contribution in [2.75, 3.05) is 13.1 Å². The summed E-state index contributed by atoms with van der Waals surface area (Å²) in [7, 11) is 0. The van der Waals surface area contributed by atoms with Crippen LogP contribution in [0.15, 0.2) is 42.7 Å². The molecule has 0 saturated carbocycles. The molecule has 2 aromatic rings. The molecule has 114 valence electrons. The first-order valence-corrected chi connectivity index (χ1v) is 7.60. The highest BCUT2D eigenvalue weighted by atomic mass is 16.3. The van der Waals surface area contributed by atoms with E-state index in [0.717, 1.165) is 37.1 Å². The van der Waals surface area contributed by atoms with Gasteiger partial charge < -0.3 is 10.0 Å². The van der Waals surface area contributed by atoms with E-state index in [4.69, 9.17) is 0 Å². The van der Waals surface area contributed by atoms with Crippen molar-refractivity contribution < 1.29 is 9.90 Å². The van der Waals surface area contributed by atoms with E-state index in [1.807, 2.05) is 30.0 Å². The fourth-order valence-electron chi connectivity index (χ4n) is 3.05. The Morgan fingerprint density at radius 1 is 1.36 bits per heavy atom. The lowest BCUT2D eigenvalue weighted by molar-refractivity contribution is 0.0786. The molecule has 4 nitrogen and oxygen atoms in total. The second-order valence-corrected chi connectivity index (χ2v) is 6.03. The monoisotopic (exact) mass is 296 g/mol. The number of pyridine rings is 1. The lowest BCUT2D eigenvalue weighted by Gasteiger charge is -2.17. The van der Waals surface area contributed by atoms with Gasteiger partial charge in [0.1, 0.15) is 5.75 Å². The summed E-state index contributed by atoms with van der Waals surface area (Å²) in [6, 6.07) is 9.25. The largest absolute Gasteiger partial charge is 0.508 e. The van der Waals surface area contributed by atoms with Crippen molar-refractivity contribution in [2.24, 2.45) is 5.92 Å². The number of phenolic OH excluding ortho intramolecular Hbond substituents is 1. The van der Waals surface area contributed by atoms with Crippen LogP contribution in [0.5, 0.6) is 5.75 Å². The number of hydrogen-bond donors (Lipinski definition) is 1. The third kappa shape index (κ3) is 3.27. The molecule has 0 aliphatic carbocycles. The molecule has 1 amide bonds. The van der Waals surface area contributed by atoms with Crippen LogP contribution in [0.25, 0.3) is 0 Å². The maximum atomic E-state index is 12.5. The number of aromatic hydroxyl groups is 1. The summed E-state index contributed by atoms with van der Waals surface area (Å²) in [6.07, 6.45) is 5.29. The van der Waals surface area contributed by atoms with Crippen molar-refractivity contribution in [3.63, 3.8) is 0 Å². The first-order chi connectivity index (χ1) is 10.6. The Hall–Kier alpha value is -2.36. The average Bonchev–Trinajstić information content (AvgIpc) is 2.95. The summed E-state index contributed by atoms with van der Waals surface area (Å²) in [5.41, 5.74) is 2.79. The first-order valence-electron chi connectivity index (χ1n) is 7.60. The number of likely N-dealkylation sites (tertiary alicyclic amines) is 1. The van der Waals surface area contributed by atoms with Gasteiger partial charge in [-0.05, 0) is 55.0 Å². The molecule has 22 heavy (non-hydrogen) atoms. The number of nitrogens with zero attached hydrogens (tertiary/aromatic N) is 2. The third-order valence-corrected chi connectivity index (χ3v) is 4.13. The molecule has 1 aromatic carbocycles. The smallest absolute Gasteiger partial charge is 0.255 e. The maximum Gasteiger partial charge on any atom is 0.255 e. The molecule has 0 spiro atoms. The normalized spacial score (nSPS) is 17.7. The molecule has 1 saturated heterocycles. The van der Waals surface area contributed by atoms with Crippen molar-refractivity contribution in [1.29, 1.82) is 0 Å². The summed E-state index contributed by atoms with van der Waals surface area (Å²) in [4.78, 5) is 18.5. The minimum Gasteiger partial charge on any atom is -0.508 e. The van der Waals surface area contributed by atoms with Crippen LogP contribution in [0.4, 0.5) is 0 Å². The van der Waals surface area contributed by atoms with Crippen molar-refractivity contribution in [2.45, 2.75) is 19.8 Å². The molecule has 3 rings (SSSR count). The maximum absolute atomic E-state index is 12.5. The van der Waals surface area contributed by atoms with Gasteiger partial charge in [-0.15, -0.1) is 0 Å². The number of aromatic nitrogens is 1. The summed E-state index contributed by atoms with van der Waals surface area (Å²) in [6.45, 7) is 3.50. The van der Waals surface area contributed by atoms with E-state index in [-0.39, 0.29) is 5.91 Å².